The summed E-state index contributed by atoms with van der Waals surface area (Å²) in [5.74, 6) is 1.16. The zero-order chi connectivity index (χ0) is 25.4. The highest BCUT2D eigenvalue weighted by molar-refractivity contribution is 5.98. The molecule has 0 spiro atoms. The largest absolute Gasteiger partial charge is 0.507 e. The van der Waals surface area contributed by atoms with Crippen molar-refractivity contribution in [3.05, 3.63) is 51.8 Å². The van der Waals surface area contributed by atoms with Crippen LogP contribution in [0, 0.1) is 5.92 Å². The van der Waals surface area contributed by atoms with Gasteiger partial charge in [0.1, 0.15) is 22.7 Å². The normalized spacial score (nSPS) is 19.2. The zero-order valence-electron chi connectivity index (χ0n) is 21.7. The van der Waals surface area contributed by atoms with Gasteiger partial charge in [0.05, 0.1) is 17.9 Å². The zero-order valence-corrected chi connectivity index (χ0v) is 23.3. The van der Waals surface area contributed by atoms with Crippen LogP contribution in [0.1, 0.15) is 47.5 Å². The Morgan fingerprint density at radius 2 is 1.87 bits per heavy atom. The van der Waals surface area contributed by atoms with Gasteiger partial charge in [-0.2, -0.15) is 0 Å². The predicted molar refractivity (Wildman–Crippen MR) is 156 cm³/mol. The molecule has 1 unspecified atom stereocenters. The fourth-order valence-corrected chi connectivity index (χ4v) is 5.38. The number of fused-ring (bicyclic) bond motifs is 1. The Kier molecular flexibility index (Phi) is 9.38. The summed E-state index contributed by atoms with van der Waals surface area (Å²) in [4.78, 5) is 35.8. The minimum Gasteiger partial charge on any atom is -0.507 e. The highest BCUT2D eigenvalue weighted by Gasteiger charge is 2.27. The number of ether oxygens (including phenoxy) is 1. The summed E-state index contributed by atoms with van der Waals surface area (Å²) >= 11 is 0. The standard InChI is InChI=1S/C28H33N5O4.2ClH/c34-23-4-1-5-24(37-16-17-6-7-17)25(23)22-14-19(18-3-2-8-30-15-18)20-13-21(27(35)32-26(20)31-22)28(36)33-11-9-29-10-12-33;;/h1,4-5,13-14,17-18,29-30,34H,2-3,6-12,15-16H2,(H,31,32,35);2*1H. The van der Waals surface area contributed by atoms with Gasteiger partial charge in [-0.25, -0.2) is 4.98 Å². The Morgan fingerprint density at radius 3 is 2.59 bits per heavy atom. The number of piperidine rings is 1. The van der Waals surface area contributed by atoms with E-state index >= 15 is 0 Å². The number of aromatic nitrogens is 2. The first kappa shape index (κ1) is 29.1. The summed E-state index contributed by atoms with van der Waals surface area (Å²) in [5.41, 5.74) is 2.19. The number of hydrogen-bond acceptors (Lipinski definition) is 7. The maximum Gasteiger partial charge on any atom is 0.262 e. The van der Waals surface area contributed by atoms with Crippen LogP contribution in [-0.4, -0.2) is 71.8 Å². The second-order valence-electron chi connectivity index (χ2n) is 10.4. The number of amides is 1. The number of aromatic amines is 1. The van der Waals surface area contributed by atoms with Gasteiger partial charge < -0.3 is 30.4 Å². The number of pyridine rings is 2. The lowest BCUT2D eigenvalue weighted by Crippen LogP contribution is -2.47. The lowest BCUT2D eigenvalue weighted by Gasteiger charge is -2.27. The number of H-pyrrole nitrogens is 1. The number of phenols is 1. The van der Waals surface area contributed by atoms with E-state index in [9.17, 15) is 14.7 Å². The number of aromatic hydroxyl groups is 1. The molecule has 4 N–H and O–H groups in total. The van der Waals surface area contributed by atoms with Crippen molar-refractivity contribution in [3.8, 4) is 22.8 Å². The van der Waals surface area contributed by atoms with Crippen molar-refractivity contribution in [2.75, 3.05) is 45.9 Å². The molecule has 2 saturated heterocycles. The summed E-state index contributed by atoms with van der Waals surface area (Å²) in [6.45, 7) is 4.95. The van der Waals surface area contributed by atoms with E-state index in [-0.39, 0.29) is 48.0 Å². The molecular formula is C28H35Cl2N5O4. The smallest absolute Gasteiger partial charge is 0.262 e. The Hall–Kier alpha value is -2.85. The van der Waals surface area contributed by atoms with Crippen LogP contribution in [0.4, 0.5) is 0 Å². The number of carbonyl (C=O) groups excluding carboxylic acids is 1. The van der Waals surface area contributed by atoms with E-state index in [4.69, 9.17) is 9.72 Å². The van der Waals surface area contributed by atoms with Gasteiger partial charge in [-0.3, -0.25) is 9.59 Å². The molecule has 9 nitrogen and oxygen atoms in total. The SMILES string of the molecule is Cl.Cl.O=C(c1cc2c(C3CCCNC3)cc(-c3c(O)cccc3OCC3CC3)nc2[nH]c1=O)N1CCNCC1. The molecule has 4 heterocycles. The first-order valence-corrected chi connectivity index (χ1v) is 13.3. The van der Waals surface area contributed by atoms with Crippen LogP contribution in [0.3, 0.4) is 0 Å². The first-order valence-electron chi connectivity index (χ1n) is 13.3. The van der Waals surface area contributed by atoms with Gasteiger partial charge in [-0.15, -0.1) is 24.8 Å². The first-order chi connectivity index (χ1) is 18.1. The number of carbonyl (C=O) groups is 1. The predicted octanol–water partition coefficient (Wildman–Crippen LogP) is 3.44. The van der Waals surface area contributed by atoms with E-state index in [0.717, 1.165) is 49.7 Å². The lowest BCUT2D eigenvalue weighted by molar-refractivity contribution is 0.0734. The molecule has 39 heavy (non-hydrogen) atoms. The summed E-state index contributed by atoms with van der Waals surface area (Å²) in [6.07, 6.45) is 4.35. The molecule has 1 aliphatic carbocycles. The Bertz CT molecular complexity index is 1380. The van der Waals surface area contributed by atoms with E-state index < -0.39 is 5.56 Å². The van der Waals surface area contributed by atoms with Gasteiger partial charge in [0.15, 0.2) is 0 Å². The van der Waals surface area contributed by atoms with Crippen molar-refractivity contribution in [1.29, 1.82) is 0 Å². The van der Waals surface area contributed by atoms with Crippen molar-refractivity contribution in [2.24, 2.45) is 5.92 Å². The third kappa shape index (κ3) is 6.17. The van der Waals surface area contributed by atoms with E-state index in [2.05, 4.69) is 15.6 Å². The molecule has 3 fully saturated rings. The van der Waals surface area contributed by atoms with E-state index in [1.165, 1.54) is 0 Å². The molecule has 0 bridgehead atoms. The number of benzene rings is 1. The molecule has 3 aliphatic rings. The van der Waals surface area contributed by atoms with Crippen LogP contribution < -0.4 is 20.9 Å². The maximum atomic E-state index is 13.3. The molecule has 2 aliphatic heterocycles. The molecule has 0 radical (unpaired) electrons. The van der Waals surface area contributed by atoms with Crippen LogP contribution in [-0.2, 0) is 0 Å². The molecule has 6 rings (SSSR count). The van der Waals surface area contributed by atoms with Gasteiger partial charge in [0, 0.05) is 38.1 Å². The lowest BCUT2D eigenvalue weighted by atomic mass is 9.88. The molecule has 210 valence electrons. The number of rotatable bonds is 6. The molecule has 1 atom stereocenters. The number of halogens is 2. The summed E-state index contributed by atoms with van der Waals surface area (Å²) in [5, 5.41) is 18.3. The minimum atomic E-state index is -0.448. The van der Waals surface area contributed by atoms with Crippen LogP contribution in [0.15, 0.2) is 35.1 Å². The topological polar surface area (TPSA) is 120 Å². The van der Waals surface area contributed by atoms with E-state index in [0.29, 0.717) is 61.4 Å². The number of hydrogen-bond donors (Lipinski definition) is 4. The van der Waals surface area contributed by atoms with Crippen molar-refractivity contribution in [1.82, 2.24) is 25.5 Å². The van der Waals surface area contributed by atoms with Crippen LogP contribution in [0.2, 0.25) is 0 Å². The molecule has 1 saturated carbocycles. The fourth-order valence-electron chi connectivity index (χ4n) is 5.38. The second kappa shape index (κ2) is 12.6. The number of nitrogens with zero attached hydrogens (tertiary/aromatic N) is 2. The van der Waals surface area contributed by atoms with Crippen molar-refractivity contribution in [2.45, 2.75) is 31.6 Å². The molecule has 3 aromatic rings. The average molecular weight is 577 g/mol. The highest BCUT2D eigenvalue weighted by atomic mass is 35.5. The van der Waals surface area contributed by atoms with Gasteiger partial charge in [-0.05, 0) is 73.9 Å². The Labute approximate surface area is 239 Å². The third-order valence-electron chi connectivity index (χ3n) is 7.66. The number of nitrogens with one attached hydrogen (secondary N) is 3. The summed E-state index contributed by atoms with van der Waals surface area (Å²) in [6, 6.07) is 8.96. The van der Waals surface area contributed by atoms with Gasteiger partial charge in [0.25, 0.3) is 11.5 Å². The van der Waals surface area contributed by atoms with Crippen LogP contribution in [0.5, 0.6) is 11.5 Å². The summed E-state index contributed by atoms with van der Waals surface area (Å²) in [7, 11) is 0. The van der Waals surface area contributed by atoms with Gasteiger partial charge >= 0.3 is 0 Å². The molecule has 1 aromatic carbocycles. The monoisotopic (exact) mass is 575 g/mol. The average Bonchev–Trinajstić information content (AvgIpc) is 3.76. The molecule has 2 aromatic heterocycles. The van der Waals surface area contributed by atoms with Crippen LogP contribution >= 0.6 is 24.8 Å². The second-order valence-corrected chi connectivity index (χ2v) is 10.4. The Balaban J connectivity index is 0.00000176. The molecule has 1 amide bonds. The van der Waals surface area contributed by atoms with Crippen molar-refractivity contribution < 1.29 is 14.6 Å². The Morgan fingerprint density at radius 1 is 1.08 bits per heavy atom. The molecule has 11 heteroatoms. The van der Waals surface area contributed by atoms with Gasteiger partial charge in [-0.1, -0.05) is 6.07 Å². The van der Waals surface area contributed by atoms with Crippen molar-refractivity contribution in [3.63, 3.8) is 0 Å². The van der Waals surface area contributed by atoms with E-state index in [1.54, 1.807) is 23.1 Å². The van der Waals surface area contributed by atoms with Gasteiger partial charge in [0.2, 0.25) is 0 Å². The fraction of sp³-hybridized carbons (Fsp3) is 0.464. The van der Waals surface area contributed by atoms with Crippen molar-refractivity contribution >= 4 is 41.8 Å². The van der Waals surface area contributed by atoms with E-state index in [1.807, 2.05) is 12.1 Å². The molecular weight excluding hydrogens is 541 g/mol. The van der Waals surface area contributed by atoms with Crippen LogP contribution in [0.25, 0.3) is 22.3 Å². The minimum absolute atomic E-state index is 0. The highest BCUT2D eigenvalue weighted by Crippen LogP contribution is 2.41. The maximum absolute atomic E-state index is 13.3. The number of piperazine rings is 1. The third-order valence-corrected chi connectivity index (χ3v) is 7.66. The summed E-state index contributed by atoms with van der Waals surface area (Å²) < 4.78 is 6.10. The quantitative estimate of drug-likeness (QED) is 0.355. The number of phenolic OH excluding ortho intramolecular Hbond substituents is 1.